The molecule has 0 spiro atoms. The maximum absolute atomic E-state index is 10.4. The molecule has 2 heterocycles. The Morgan fingerprint density at radius 1 is 1.41 bits per heavy atom. The third-order valence-electron chi connectivity index (χ3n) is 3.07. The van der Waals surface area contributed by atoms with Crippen molar-refractivity contribution in [1.29, 1.82) is 0 Å². The molecule has 5 heteroatoms. The van der Waals surface area contributed by atoms with E-state index in [0.29, 0.717) is 16.3 Å². The van der Waals surface area contributed by atoms with Gasteiger partial charge in [0.15, 0.2) is 6.20 Å². The van der Waals surface area contributed by atoms with E-state index in [0.717, 1.165) is 10.9 Å². The van der Waals surface area contributed by atoms with E-state index >= 15 is 0 Å². The van der Waals surface area contributed by atoms with Gasteiger partial charge in [-0.3, -0.25) is 0 Å². The number of hydrogen-bond acceptors (Lipinski definition) is 3. The van der Waals surface area contributed by atoms with E-state index in [1.165, 1.54) is 0 Å². The normalized spacial score (nSPS) is 18.0. The highest BCUT2D eigenvalue weighted by Gasteiger charge is 2.41. The molecule has 1 aromatic carbocycles. The average molecular weight is 252 g/mol. The van der Waals surface area contributed by atoms with Crippen LogP contribution in [-0.4, -0.2) is 18.3 Å². The molecule has 0 unspecified atom stereocenters. The smallest absolute Gasteiger partial charge is 0.211 e. The Hall–Kier alpha value is -1.36. The molecule has 1 saturated heterocycles. The van der Waals surface area contributed by atoms with Crippen molar-refractivity contribution in [1.82, 2.24) is 0 Å². The van der Waals surface area contributed by atoms with Gasteiger partial charge in [-0.2, -0.15) is 0 Å². The van der Waals surface area contributed by atoms with E-state index in [4.69, 9.17) is 22.1 Å². The highest BCUT2D eigenvalue weighted by Crippen LogP contribution is 2.37. The fourth-order valence-electron chi connectivity index (χ4n) is 2.19. The average Bonchev–Trinajstić information content (AvgIpc) is 2.26. The van der Waals surface area contributed by atoms with Crippen LogP contribution in [0.4, 0.5) is 5.69 Å². The number of pyridine rings is 1. The molecule has 0 saturated carbocycles. The number of fused-ring (bicyclic) bond motifs is 1. The Morgan fingerprint density at radius 3 is 2.82 bits per heavy atom. The van der Waals surface area contributed by atoms with Crippen molar-refractivity contribution in [2.24, 2.45) is 0 Å². The molecule has 0 atom stereocenters. The summed E-state index contributed by atoms with van der Waals surface area (Å²) in [4.78, 5) is 3.07. The predicted octanol–water partition coefficient (Wildman–Crippen LogP) is 1.11. The Morgan fingerprint density at radius 2 is 2.18 bits per heavy atom. The van der Waals surface area contributed by atoms with Crippen molar-refractivity contribution < 1.29 is 14.8 Å². The second kappa shape index (κ2) is 3.57. The minimum Gasteiger partial charge on any atom is -0.394 e. The second-order valence-electron chi connectivity index (χ2n) is 4.33. The molecule has 0 radical (unpaired) electrons. The summed E-state index contributed by atoms with van der Waals surface area (Å²) in [6.45, 7) is 0.533. The van der Waals surface area contributed by atoms with Crippen molar-refractivity contribution in [2.75, 3.05) is 18.9 Å². The number of anilines is 1. The van der Waals surface area contributed by atoms with E-state index < -0.39 is 5.60 Å². The third-order valence-corrected chi connectivity index (χ3v) is 3.30. The molecule has 4 N–H and O–H groups in total. The largest absolute Gasteiger partial charge is 0.394 e. The molecule has 4 nitrogen and oxygen atoms in total. The van der Waals surface area contributed by atoms with Crippen LogP contribution in [0.3, 0.4) is 0 Å². The van der Waals surface area contributed by atoms with Crippen LogP contribution in [0.2, 0.25) is 5.02 Å². The number of nitrogens with two attached hydrogens (primary N) is 1. The summed E-state index contributed by atoms with van der Waals surface area (Å²) in [7, 11) is 0. The molecule has 3 rings (SSSR count). The fraction of sp³-hybridized carbons (Fsp3) is 0.250. The quantitative estimate of drug-likeness (QED) is 0.798. The molecule has 0 amide bonds. The molecule has 0 aliphatic carbocycles. The van der Waals surface area contributed by atoms with Crippen LogP contribution in [0.5, 0.6) is 0 Å². The number of aliphatic hydroxyl groups is 1. The number of hydrogen-bond donors (Lipinski definition) is 2. The first-order valence-electron chi connectivity index (χ1n) is 5.30. The van der Waals surface area contributed by atoms with Gasteiger partial charge >= 0.3 is 0 Å². The lowest BCUT2D eigenvalue weighted by Gasteiger charge is -2.37. The second-order valence-corrected chi connectivity index (χ2v) is 4.77. The molecule has 0 bridgehead atoms. The summed E-state index contributed by atoms with van der Waals surface area (Å²) in [5, 5.41) is 11.8. The number of rotatable bonds is 1. The molecule has 88 valence electrons. The van der Waals surface area contributed by atoms with Gasteiger partial charge in [-0.05, 0) is 12.1 Å². The van der Waals surface area contributed by atoms with Gasteiger partial charge in [-0.15, -0.1) is 0 Å². The van der Waals surface area contributed by atoms with E-state index in [1.54, 1.807) is 18.3 Å². The fourth-order valence-corrected chi connectivity index (χ4v) is 2.36. The first kappa shape index (κ1) is 10.8. The predicted molar refractivity (Wildman–Crippen MR) is 64.6 cm³/mol. The lowest BCUT2D eigenvalue weighted by Crippen LogP contribution is -2.47. The third kappa shape index (κ3) is 1.57. The lowest BCUT2D eigenvalue weighted by molar-refractivity contribution is -0.344. The van der Waals surface area contributed by atoms with Crippen molar-refractivity contribution in [2.45, 2.75) is 5.60 Å². The molecular formula is C12H12ClN2O2+. The number of aromatic nitrogens is 1. The highest BCUT2D eigenvalue weighted by atomic mass is 35.5. The van der Waals surface area contributed by atoms with Crippen molar-refractivity contribution in [3.8, 4) is 0 Å². The highest BCUT2D eigenvalue weighted by molar-refractivity contribution is 6.31. The molecule has 1 aliphatic rings. The first-order chi connectivity index (χ1) is 8.10. The van der Waals surface area contributed by atoms with Gasteiger partial charge in [0.1, 0.15) is 11.3 Å². The Kier molecular flexibility index (Phi) is 2.26. The standard InChI is InChI=1S/C12H11ClN2O2/c13-7-1-2-10-8(3-7)11(9(14)4-15-10)12(16)5-17-6-12/h1-4,16H,5-6,14H2/p+1. The Bertz CT molecular complexity index is 591. The van der Waals surface area contributed by atoms with Crippen LogP contribution in [0, 0.1) is 0 Å². The monoisotopic (exact) mass is 251 g/mol. The van der Waals surface area contributed by atoms with Gasteiger partial charge in [0.2, 0.25) is 5.52 Å². The molecule has 2 aromatic rings. The van der Waals surface area contributed by atoms with Crippen LogP contribution in [-0.2, 0) is 10.3 Å². The molecule has 1 aromatic heterocycles. The summed E-state index contributed by atoms with van der Waals surface area (Å²) in [5.41, 5.74) is 7.05. The van der Waals surface area contributed by atoms with E-state index in [-0.39, 0.29) is 13.2 Å². The van der Waals surface area contributed by atoms with Crippen LogP contribution in [0.15, 0.2) is 24.4 Å². The van der Waals surface area contributed by atoms with Crippen molar-refractivity contribution >= 4 is 28.2 Å². The first-order valence-corrected chi connectivity index (χ1v) is 5.68. The molecule has 1 fully saturated rings. The summed E-state index contributed by atoms with van der Waals surface area (Å²) in [6, 6.07) is 5.46. The van der Waals surface area contributed by atoms with Crippen molar-refractivity contribution in [3.63, 3.8) is 0 Å². The number of nitrogens with one attached hydrogen (secondary N) is 1. The number of halogens is 1. The number of benzene rings is 1. The summed E-state index contributed by atoms with van der Waals surface area (Å²) < 4.78 is 5.08. The van der Waals surface area contributed by atoms with Gasteiger partial charge in [0.25, 0.3) is 0 Å². The zero-order valence-electron chi connectivity index (χ0n) is 9.03. The number of ether oxygens (including phenoxy) is 1. The SMILES string of the molecule is Nc1c[nH+]c2ccc(Cl)cc2c1C1(O)COC1. The van der Waals surface area contributed by atoms with Crippen LogP contribution in [0.1, 0.15) is 5.56 Å². The maximum atomic E-state index is 10.4. The zero-order valence-corrected chi connectivity index (χ0v) is 9.79. The minimum absolute atomic E-state index is 0.267. The number of aromatic amines is 1. The van der Waals surface area contributed by atoms with Gasteiger partial charge < -0.3 is 15.6 Å². The van der Waals surface area contributed by atoms with E-state index in [9.17, 15) is 5.11 Å². The number of nitrogen functional groups attached to an aromatic ring is 1. The van der Waals surface area contributed by atoms with Crippen LogP contribution < -0.4 is 10.7 Å². The maximum Gasteiger partial charge on any atom is 0.211 e. The Labute approximate surface area is 103 Å². The number of H-pyrrole nitrogens is 1. The summed E-state index contributed by atoms with van der Waals surface area (Å²) in [6.07, 6.45) is 1.68. The van der Waals surface area contributed by atoms with Crippen LogP contribution >= 0.6 is 11.6 Å². The van der Waals surface area contributed by atoms with E-state index in [1.807, 2.05) is 6.07 Å². The summed E-state index contributed by atoms with van der Waals surface area (Å²) in [5.74, 6) is 0. The van der Waals surface area contributed by atoms with Gasteiger partial charge in [0.05, 0.1) is 18.6 Å². The Balaban J connectivity index is 2.34. The minimum atomic E-state index is -0.998. The molecular weight excluding hydrogens is 240 g/mol. The van der Waals surface area contributed by atoms with Crippen LogP contribution in [0.25, 0.3) is 10.9 Å². The lowest BCUT2D eigenvalue weighted by atomic mass is 9.88. The van der Waals surface area contributed by atoms with Gasteiger partial charge in [-0.25, -0.2) is 4.98 Å². The van der Waals surface area contributed by atoms with E-state index in [2.05, 4.69) is 4.98 Å². The zero-order chi connectivity index (χ0) is 12.0. The molecule has 17 heavy (non-hydrogen) atoms. The van der Waals surface area contributed by atoms with Gasteiger partial charge in [0, 0.05) is 16.7 Å². The molecule has 1 aliphatic heterocycles. The topological polar surface area (TPSA) is 69.6 Å². The summed E-state index contributed by atoms with van der Waals surface area (Å²) >= 11 is 5.99. The van der Waals surface area contributed by atoms with Gasteiger partial charge in [-0.1, -0.05) is 11.6 Å². The van der Waals surface area contributed by atoms with Crippen molar-refractivity contribution in [3.05, 3.63) is 35.0 Å².